The maximum atomic E-state index is 5.04. The van der Waals surface area contributed by atoms with Crippen molar-refractivity contribution in [2.75, 3.05) is 0 Å². The van der Waals surface area contributed by atoms with E-state index in [0.717, 1.165) is 33.4 Å². The monoisotopic (exact) mass is 663 g/mol. The van der Waals surface area contributed by atoms with E-state index < -0.39 is 0 Å². The van der Waals surface area contributed by atoms with E-state index in [-0.39, 0.29) is 0 Å². The fourth-order valence-corrected chi connectivity index (χ4v) is 7.96. The Balaban J connectivity index is 1.18. The van der Waals surface area contributed by atoms with Crippen molar-refractivity contribution in [2.24, 2.45) is 0 Å². The van der Waals surface area contributed by atoms with Crippen LogP contribution in [0, 0.1) is 0 Å². The summed E-state index contributed by atoms with van der Waals surface area (Å²) in [5.41, 5.74) is 9.80. The van der Waals surface area contributed by atoms with Gasteiger partial charge in [0.25, 0.3) is 0 Å². The van der Waals surface area contributed by atoms with Crippen molar-refractivity contribution in [2.45, 2.75) is 0 Å². The highest BCUT2D eigenvalue weighted by Gasteiger charge is 2.19. The van der Waals surface area contributed by atoms with E-state index in [1.165, 1.54) is 48.9 Å². The van der Waals surface area contributed by atoms with Crippen LogP contribution in [0.5, 0.6) is 0 Å². The summed E-state index contributed by atoms with van der Waals surface area (Å²) in [6.45, 7) is 0. The Bertz CT molecular complexity index is 3120. The lowest BCUT2D eigenvalue weighted by atomic mass is 10.0. The molecular weight excluding hydrogens is 635 g/mol. The van der Waals surface area contributed by atoms with Gasteiger partial charge in [0.15, 0.2) is 17.5 Å². The molecule has 5 nitrogen and oxygen atoms in total. The second-order valence-electron chi connectivity index (χ2n) is 13.3. The fourth-order valence-electron chi connectivity index (χ4n) is 7.96. The highest BCUT2D eigenvalue weighted by Crippen LogP contribution is 2.40. The smallest absolute Gasteiger partial charge is 0.164 e. The topological polar surface area (TPSA) is 48.0 Å². The number of aromatic nitrogens is 5. The molecule has 0 bridgehead atoms. The SMILES string of the molecule is c1ccc(-c2nc(-c3ccccc3)nc(-c3cccc(-n4c5ccccc5c5cc6c(cc54)c4ccccc4c4cc5ccccc5n46)c3)n2)cc1. The predicted molar refractivity (Wildman–Crippen MR) is 214 cm³/mol. The summed E-state index contributed by atoms with van der Waals surface area (Å²) in [4.78, 5) is 15.0. The van der Waals surface area contributed by atoms with Crippen molar-refractivity contribution < 1.29 is 0 Å². The van der Waals surface area contributed by atoms with E-state index >= 15 is 0 Å². The molecule has 0 N–H and O–H groups in total. The molecule has 0 radical (unpaired) electrons. The number of para-hydroxylation sites is 2. The lowest BCUT2D eigenvalue weighted by Gasteiger charge is -2.13. The van der Waals surface area contributed by atoms with Gasteiger partial charge in [0.1, 0.15) is 0 Å². The second-order valence-corrected chi connectivity index (χ2v) is 13.3. The minimum atomic E-state index is 0.633. The highest BCUT2D eigenvalue weighted by atomic mass is 15.0. The van der Waals surface area contributed by atoms with E-state index in [4.69, 9.17) is 15.0 Å². The van der Waals surface area contributed by atoms with Gasteiger partial charge in [-0.1, -0.05) is 133 Å². The zero-order valence-corrected chi connectivity index (χ0v) is 28.0. The van der Waals surface area contributed by atoms with Gasteiger partial charge in [-0.2, -0.15) is 0 Å². The Morgan fingerprint density at radius 1 is 0.308 bits per heavy atom. The molecule has 4 heterocycles. The van der Waals surface area contributed by atoms with Crippen LogP contribution in [0.4, 0.5) is 0 Å². The van der Waals surface area contributed by atoms with Gasteiger partial charge in [-0.15, -0.1) is 0 Å². The second kappa shape index (κ2) is 11.2. The quantitative estimate of drug-likeness (QED) is 0.176. The van der Waals surface area contributed by atoms with Crippen molar-refractivity contribution in [1.29, 1.82) is 0 Å². The standard InChI is InChI=1S/C47H29N5/c1-3-14-30(15-4-1)45-48-46(31-16-5-2-6-17-31)50-47(49-45)33-19-13-20-34(26-33)51-41-25-12-10-23-37(41)39-29-44-38(28-43(39)51)35-21-8-9-22-36(35)42-27-32-18-7-11-24-40(32)52(42)44/h1-29H. The molecule has 0 spiro atoms. The third-order valence-corrected chi connectivity index (χ3v) is 10.3. The molecule has 0 atom stereocenters. The fraction of sp³-hybridized carbons (Fsp3) is 0. The molecule has 11 rings (SSSR count). The van der Waals surface area contributed by atoms with Crippen LogP contribution in [-0.4, -0.2) is 23.9 Å². The largest absolute Gasteiger partial charge is 0.309 e. The molecule has 242 valence electrons. The number of nitrogens with zero attached hydrogens (tertiary/aromatic N) is 5. The zero-order valence-electron chi connectivity index (χ0n) is 28.0. The molecule has 0 saturated heterocycles. The average Bonchev–Trinajstić information content (AvgIpc) is 3.77. The minimum Gasteiger partial charge on any atom is -0.309 e. The summed E-state index contributed by atoms with van der Waals surface area (Å²) in [6, 6.07) is 62.1. The first-order chi connectivity index (χ1) is 25.8. The molecule has 52 heavy (non-hydrogen) atoms. The molecule has 4 aromatic heterocycles. The van der Waals surface area contributed by atoms with Crippen LogP contribution in [-0.2, 0) is 0 Å². The van der Waals surface area contributed by atoms with Gasteiger partial charge in [-0.05, 0) is 47.9 Å². The minimum absolute atomic E-state index is 0.633. The number of pyridine rings is 1. The van der Waals surface area contributed by atoms with Crippen LogP contribution in [0.15, 0.2) is 176 Å². The Morgan fingerprint density at radius 3 is 1.52 bits per heavy atom. The Labute approximate surface area is 298 Å². The molecule has 7 aromatic carbocycles. The Morgan fingerprint density at radius 2 is 0.808 bits per heavy atom. The van der Waals surface area contributed by atoms with Gasteiger partial charge in [0.2, 0.25) is 0 Å². The first kappa shape index (κ1) is 28.7. The molecule has 0 saturated carbocycles. The summed E-state index contributed by atoms with van der Waals surface area (Å²) in [6.07, 6.45) is 0. The van der Waals surface area contributed by atoms with Gasteiger partial charge in [-0.3, -0.25) is 0 Å². The first-order valence-corrected chi connectivity index (χ1v) is 17.5. The number of fused-ring (bicyclic) bond motifs is 11. The third-order valence-electron chi connectivity index (χ3n) is 10.3. The summed E-state index contributed by atoms with van der Waals surface area (Å²) in [5.74, 6) is 1.93. The van der Waals surface area contributed by atoms with E-state index in [9.17, 15) is 0 Å². The lowest BCUT2D eigenvalue weighted by molar-refractivity contribution is 1.07. The van der Waals surface area contributed by atoms with Gasteiger partial charge < -0.3 is 8.97 Å². The summed E-state index contributed by atoms with van der Waals surface area (Å²) >= 11 is 0. The van der Waals surface area contributed by atoms with Crippen LogP contribution in [0.2, 0.25) is 0 Å². The van der Waals surface area contributed by atoms with Crippen LogP contribution in [0.25, 0.3) is 99.8 Å². The number of hydrogen-bond donors (Lipinski definition) is 0. The molecule has 0 fully saturated rings. The van der Waals surface area contributed by atoms with Gasteiger partial charge >= 0.3 is 0 Å². The third kappa shape index (κ3) is 4.33. The van der Waals surface area contributed by atoms with Crippen molar-refractivity contribution in [3.63, 3.8) is 0 Å². The molecular formula is C47H29N5. The van der Waals surface area contributed by atoms with Gasteiger partial charge in [-0.25, -0.2) is 15.0 Å². The molecule has 0 aliphatic rings. The number of hydrogen-bond acceptors (Lipinski definition) is 3. The molecule has 0 aliphatic carbocycles. The maximum Gasteiger partial charge on any atom is 0.164 e. The zero-order chi connectivity index (χ0) is 34.2. The van der Waals surface area contributed by atoms with Crippen LogP contribution in [0.3, 0.4) is 0 Å². The van der Waals surface area contributed by atoms with E-state index in [1.807, 2.05) is 60.7 Å². The molecule has 0 unspecified atom stereocenters. The summed E-state index contributed by atoms with van der Waals surface area (Å²) < 4.78 is 4.83. The van der Waals surface area contributed by atoms with E-state index in [0.29, 0.717) is 17.5 Å². The molecule has 0 amide bonds. The number of rotatable bonds is 4. The van der Waals surface area contributed by atoms with Crippen LogP contribution >= 0.6 is 0 Å². The Kier molecular flexibility index (Phi) is 6.18. The van der Waals surface area contributed by atoms with Gasteiger partial charge in [0.05, 0.1) is 27.6 Å². The highest BCUT2D eigenvalue weighted by molar-refractivity contribution is 6.21. The number of benzene rings is 7. The first-order valence-electron chi connectivity index (χ1n) is 17.5. The van der Waals surface area contributed by atoms with E-state index in [1.54, 1.807) is 0 Å². The Hall–Kier alpha value is -7.11. The van der Waals surface area contributed by atoms with Crippen molar-refractivity contribution in [3.05, 3.63) is 176 Å². The molecule has 0 aliphatic heterocycles. The normalized spacial score (nSPS) is 11.8. The van der Waals surface area contributed by atoms with Crippen molar-refractivity contribution >= 4 is 59.9 Å². The molecule has 11 aromatic rings. The van der Waals surface area contributed by atoms with Crippen molar-refractivity contribution in [3.8, 4) is 39.9 Å². The lowest BCUT2D eigenvalue weighted by Crippen LogP contribution is -2.01. The van der Waals surface area contributed by atoms with Crippen LogP contribution < -0.4 is 0 Å². The van der Waals surface area contributed by atoms with Gasteiger partial charge in [0, 0.05) is 49.3 Å². The summed E-state index contributed by atoms with van der Waals surface area (Å²) in [7, 11) is 0. The predicted octanol–water partition coefficient (Wildman–Crippen LogP) is 11.7. The van der Waals surface area contributed by atoms with Crippen LogP contribution in [0.1, 0.15) is 0 Å². The molecule has 5 heteroatoms. The maximum absolute atomic E-state index is 5.04. The average molecular weight is 664 g/mol. The summed E-state index contributed by atoms with van der Waals surface area (Å²) in [5, 5.41) is 7.36. The van der Waals surface area contributed by atoms with E-state index in [2.05, 4.69) is 124 Å². The van der Waals surface area contributed by atoms with Crippen molar-refractivity contribution in [1.82, 2.24) is 23.9 Å².